The molecule has 1 aliphatic carbocycles. The van der Waals surface area contributed by atoms with Gasteiger partial charge in [-0.05, 0) is 32.3 Å². The van der Waals surface area contributed by atoms with Crippen LogP contribution >= 0.6 is 0 Å². The minimum atomic E-state index is -0.339. The molecule has 1 aromatic rings. The Morgan fingerprint density at radius 3 is 2.74 bits per heavy atom. The second-order valence-electron chi connectivity index (χ2n) is 5.21. The molecule has 0 amide bonds. The Morgan fingerprint density at radius 1 is 1.32 bits per heavy atom. The number of hydrogen-bond acceptors (Lipinski definition) is 3. The van der Waals surface area contributed by atoms with Crippen molar-refractivity contribution in [2.45, 2.75) is 50.9 Å². The molecular formula is C15H22FNO2. The molecule has 19 heavy (non-hydrogen) atoms. The average molecular weight is 267 g/mol. The normalized spacial score (nSPS) is 25.1. The Bertz CT molecular complexity index is 423. The van der Waals surface area contributed by atoms with Crippen LogP contribution in [0, 0.1) is 5.82 Å². The van der Waals surface area contributed by atoms with Crippen molar-refractivity contribution in [2.75, 3.05) is 7.11 Å². The lowest BCUT2D eigenvalue weighted by atomic mass is 9.94. The fraction of sp³-hybridized carbons (Fsp3) is 0.600. The summed E-state index contributed by atoms with van der Waals surface area (Å²) in [5, 5.41) is 0. The molecule has 1 fully saturated rings. The van der Waals surface area contributed by atoms with Gasteiger partial charge in [0.1, 0.15) is 6.10 Å². The smallest absolute Gasteiger partial charge is 0.165 e. The Kier molecular flexibility index (Phi) is 4.77. The van der Waals surface area contributed by atoms with Gasteiger partial charge in [-0.1, -0.05) is 12.1 Å². The quantitative estimate of drug-likeness (QED) is 0.911. The molecule has 0 aromatic heterocycles. The lowest BCUT2D eigenvalue weighted by Crippen LogP contribution is -2.30. The lowest BCUT2D eigenvalue weighted by Gasteiger charge is -2.29. The van der Waals surface area contributed by atoms with E-state index in [1.54, 1.807) is 13.2 Å². The van der Waals surface area contributed by atoms with Gasteiger partial charge in [0.2, 0.25) is 0 Å². The number of methoxy groups -OCH3 is 1. The molecule has 0 aliphatic heterocycles. The summed E-state index contributed by atoms with van der Waals surface area (Å²) >= 11 is 0. The van der Waals surface area contributed by atoms with Crippen molar-refractivity contribution in [3.63, 3.8) is 0 Å². The zero-order chi connectivity index (χ0) is 13.8. The molecule has 3 unspecified atom stereocenters. The standard InChI is InChI=1S/C15H22FNO2/c1-10(17)13-7-4-8-14(16)15(13)19-12-6-3-5-11(9-12)18-2/h4,7-8,10-12H,3,5-6,9,17H2,1-2H3. The highest BCUT2D eigenvalue weighted by Gasteiger charge is 2.25. The first-order chi connectivity index (χ1) is 9.11. The highest BCUT2D eigenvalue weighted by molar-refractivity contribution is 5.37. The van der Waals surface area contributed by atoms with E-state index in [9.17, 15) is 4.39 Å². The van der Waals surface area contributed by atoms with Crippen molar-refractivity contribution in [1.82, 2.24) is 0 Å². The lowest BCUT2D eigenvalue weighted by molar-refractivity contribution is 0.0193. The van der Waals surface area contributed by atoms with Crippen molar-refractivity contribution >= 4 is 0 Å². The van der Waals surface area contributed by atoms with Crippen LogP contribution in [0.2, 0.25) is 0 Å². The monoisotopic (exact) mass is 267 g/mol. The van der Waals surface area contributed by atoms with Gasteiger partial charge in [-0.3, -0.25) is 0 Å². The largest absolute Gasteiger partial charge is 0.487 e. The maximum atomic E-state index is 13.9. The fourth-order valence-electron chi connectivity index (χ4n) is 2.60. The van der Waals surface area contributed by atoms with Gasteiger partial charge in [-0.25, -0.2) is 4.39 Å². The Balaban J connectivity index is 2.14. The number of rotatable bonds is 4. The number of para-hydroxylation sites is 1. The van der Waals surface area contributed by atoms with Crippen LogP contribution in [0.25, 0.3) is 0 Å². The Hall–Kier alpha value is -1.13. The Morgan fingerprint density at radius 2 is 2.05 bits per heavy atom. The second-order valence-corrected chi connectivity index (χ2v) is 5.21. The SMILES string of the molecule is COC1CCCC(Oc2c(F)cccc2C(C)N)C1. The van der Waals surface area contributed by atoms with E-state index in [4.69, 9.17) is 15.2 Å². The van der Waals surface area contributed by atoms with Crippen LogP contribution in [0.3, 0.4) is 0 Å². The molecule has 0 saturated heterocycles. The zero-order valence-electron chi connectivity index (χ0n) is 11.6. The number of hydrogen-bond donors (Lipinski definition) is 1. The van der Waals surface area contributed by atoms with E-state index in [-0.39, 0.29) is 24.1 Å². The van der Waals surface area contributed by atoms with E-state index in [1.807, 2.05) is 13.0 Å². The van der Waals surface area contributed by atoms with Crippen LogP contribution in [0.15, 0.2) is 18.2 Å². The number of halogens is 1. The third-order valence-electron chi connectivity index (χ3n) is 3.68. The minimum Gasteiger partial charge on any atom is -0.487 e. The predicted molar refractivity (Wildman–Crippen MR) is 72.7 cm³/mol. The van der Waals surface area contributed by atoms with Crippen LogP contribution in [0.1, 0.15) is 44.2 Å². The summed E-state index contributed by atoms with van der Waals surface area (Å²) in [5.74, 6) is -0.0337. The molecule has 3 nitrogen and oxygen atoms in total. The third kappa shape index (κ3) is 3.45. The second kappa shape index (κ2) is 6.35. The highest BCUT2D eigenvalue weighted by Crippen LogP contribution is 2.31. The molecule has 1 aromatic carbocycles. The van der Waals surface area contributed by atoms with Crippen molar-refractivity contribution in [2.24, 2.45) is 5.73 Å². The molecule has 2 N–H and O–H groups in total. The highest BCUT2D eigenvalue weighted by atomic mass is 19.1. The minimum absolute atomic E-state index is 0.00750. The summed E-state index contributed by atoms with van der Waals surface area (Å²) in [7, 11) is 1.71. The van der Waals surface area contributed by atoms with Gasteiger partial charge in [0.25, 0.3) is 0 Å². The summed E-state index contributed by atoms with van der Waals surface area (Å²) in [6, 6.07) is 4.66. The predicted octanol–water partition coefficient (Wildman–Crippen LogP) is 3.18. The van der Waals surface area contributed by atoms with E-state index < -0.39 is 0 Å². The number of nitrogens with two attached hydrogens (primary N) is 1. The van der Waals surface area contributed by atoms with Crippen LogP contribution in [0.4, 0.5) is 4.39 Å². The number of ether oxygens (including phenoxy) is 2. The van der Waals surface area contributed by atoms with Gasteiger partial charge >= 0.3 is 0 Å². The molecule has 0 radical (unpaired) electrons. The molecule has 2 rings (SSSR count). The van der Waals surface area contributed by atoms with E-state index >= 15 is 0 Å². The van der Waals surface area contributed by atoms with Crippen LogP contribution in [-0.2, 0) is 4.74 Å². The van der Waals surface area contributed by atoms with Gasteiger partial charge in [-0.2, -0.15) is 0 Å². The topological polar surface area (TPSA) is 44.5 Å². The molecule has 1 aliphatic rings. The van der Waals surface area contributed by atoms with Gasteiger partial charge in [0, 0.05) is 25.1 Å². The first-order valence-corrected chi connectivity index (χ1v) is 6.85. The van der Waals surface area contributed by atoms with E-state index in [0.717, 1.165) is 31.2 Å². The summed E-state index contributed by atoms with van der Waals surface area (Å²) in [6.45, 7) is 1.83. The summed E-state index contributed by atoms with van der Waals surface area (Å²) in [6.07, 6.45) is 4.06. The third-order valence-corrected chi connectivity index (χ3v) is 3.68. The molecule has 4 heteroatoms. The van der Waals surface area contributed by atoms with Crippen molar-refractivity contribution in [1.29, 1.82) is 0 Å². The summed E-state index contributed by atoms with van der Waals surface area (Å²) in [4.78, 5) is 0. The molecule has 1 saturated carbocycles. The molecular weight excluding hydrogens is 245 g/mol. The molecule has 0 spiro atoms. The average Bonchev–Trinajstić information content (AvgIpc) is 2.41. The van der Waals surface area contributed by atoms with Crippen LogP contribution < -0.4 is 10.5 Å². The maximum absolute atomic E-state index is 13.9. The fourth-order valence-corrected chi connectivity index (χ4v) is 2.60. The molecule has 0 bridgehead atoms. The number of benzene rings is 1. The van der Waals surface area contributed by atoms with Gasteiger partial charge in [-0.15, -0.1) is 0 Å². The van der Waals surface area contributed by atoms with Crippen LogP contribution in [0.5, 0.6) is 5.75 Å². The van der Waals surface area contributed by atoms with Crippen molar-refractivity contribution in [3.05, 3.63) is 29.6 Å². The van der Waals surface area contributed by atoms with Crippen LogP contribution in [-0.4, -0.2) is 19.3 Å². The van der Waals surface area contributed by atoms with Gasteiger partial charge in [0.05, 0.1) is 6.10 Å². The summed E-state index contributed by atoms with van der Waals surface area (Å²) in [5.41, 5.74) is 6.59. The zero-order valence-corrected chi connectivity index (χ0v) is 11.6. The first-order valence-electron chi connectivity index (χ1n) is 6.85. The van der Waals surface area contributed by atoms with E-state index in [1.165, 1.54) is 6.07 Å². The van der Waals surface area contributed by atoms with Crippen molar-refractivity contribution in [3.8, 4) is 5.75 Å². The maximum Gasteiger partial charge on any atom is 0.165 e. The summed E-state index contributed by atoms with van der Waals surface area (Å²) < 4.78 is 25.2. The van der Waals surface area contributed by atoms with E-state index in [2.05, 4.69) is 0 Å². The van der Waals surface area contributed by atoms with E-state index in [0.29, 0.717) is 5.75 Å². The molecule has 3 atom stereocenters. The Labute approximate surface area is 113 Å². The first kappa shape index (κ1) is 14.3. The van der Waals surface area contributed by atoms with Crippen molar-refractivity contribution < 1.29 is 13.9 Å². The van der Waals surface area contributed by atoms with Gasteiger partial charge < -0.3 is 15.2 Å². The molecule has 0 heterocycles. The molecule has 106 valence electrons. The van der Waals surface area contributed by atoms with Gasteiger partial charge in [0.15, 0.2) is 11.6 Å².